The van der Waals surface area contributed by atoms with E-state index in [1.54, 1.807) is 0 Å². The standard InChI is InChI=1S/C5H10BrN/c6-4-2-1-3-5(4)7/h4-5H,1-3,7H2/t4-,5-/m1/s1. The van der Waals surface area contributed by atoms with Crippen molar-refractivity contribution in [1.29, 1.82) is 0 Å². The van der Waals surface area contributed by atoms with Gasteiger partial charge in [-0.25, -0.2) is 0 Å². The van der Waals surface area contributed by atoms with E-state index in [0.29, 0.717) is 10.9 Å². The molecule has 1 nitrogen and oxygen atoms in total. The van der Waals surface area contributed by atoms with Crippen molar-refractivity contribution in [1.82, 2.24) is 0 Å². The molecular formula is C5H10BrN. The van der Waals surface area contributed by atoms with Crippen LogP contribution in [0.5, 0.6) is 0 Å². The van der Waals surface area contributed by atoms with Crippen molar-refractivity contribution in [3.8, 4) is 0 Å². The van der Waals surface area contributed by atoms with Gasteiger partial charge in [0.1, 0.15) is 0 Å². The molecule has 0 radical (unpaired) electrons. The van der Waals surface area contributed by atoms with Crippen molar-refractivity contribution < 1.29 is 0 Å². The Morgan fingerprint density at radius 3 is 2.29 bits per heavy atom. The van der Waals surface area contributed by atoms with Gasteiger partial charge >= 0.3 is 0 Å². The minimum atomic E-state index is 0.431. The summed E-state index contributed by atoms with van der Waals surface area (Å²) in [6.07, 6.45) is 3.77. The minimum Gasteiger partial charge on any atom is -0.327 e. The highest BCUT2D eigenvalue weighted by molar-refractivity contribution is 9.09. The third-order valence-corrected chi connectivity index (χ3v) is 2.62. The van der Waals surface area contributed by atoms with Crippen molar-refractivity contribution in [3.63, 3.8) is 0 Å². The van der Waals surface area contributed by atoms with Crippen molar-refractivity contribution in [3.05, 3.63) is 0 Å². The van der Waals surface area contributed by atoms with Crippen molar-refractivity contribution in [2.24, 2.45) is 5.73 Å². The highest BCUT2D eigenvalue weighted by Crippen LogP contribution is 2.23. The Labute approximate surface area is 52.4 Å². The number of nitrogens with two attached hydrogens (primary N) is 1. The molecule has 2 heteroatoms. The molecular weight excluding hydrogens is 154 g/mol. The smallest absolute Gasteiger partial charge is 0.0297 e. The first kappa shape index (κ1) is 5.57. The molecule has 1 fully saturated rings. The van der Waals surface area contributed by atoms with E-state index in [1.807, 2.05) is 0 Å². The molecule has 2 N–H and O–H groups in total. The molecule has 0 aromatic heterocycles. The van der Waals surface area contributed by atoms with Crippen LogP contribution in [0.4, 0.5) is 0 Å². The summed E-state index contributed by atoms with van der Waals surface area (Å²) in [4.78, 5) is 0.604. The minimum absolute atomic E-state index is 0.431. The molecule has 0 bridgehead atoms. The zero-order valence-corrected chi connectivity index (χ0v) is 5.82. The first-order valence-corrected chi connectivity index (χ1v) is 3.62. The fourth-order valence-electron chi connectivity index (χ4n) is 0.943. The van der Waals surface area contributed by atoms with Crippen LogP contribution in [0.1, 0.15) is 19.3 Å². The van der Waals surface area contributed by atoms with E-state index in [4.69, 9.17) is 5.73 Å². The number of rotatable bonds is 0. The quantitative estimate of drug-likeness (QED) is 0.536. The first-order chi connectivity index (χ1) is 3.30. The molecule has 0 unspecified atom stereocenters. The maximum atomic E-state index is 5.63. The van der Waals surface area contributed by atoms with E-state index < -0.39 is 0 Å². The second kappa shape index (κ2) is 2.14. The summed E-state index contributed by atoms with van der Waals surface area (Å²) < 4.78 is 0. The van der Waals surface area contributed by atoms with E-state index in [1.165, 1.54) is 19.3 Å². The van der Waals surface area contributed by atoms with Crippen LogP contribution in [0.15, 0.2) is 0 Å². The third-order valence-electron chi connectivity index (χ3n) is 1.48. The van der Waals surface area contributed by atoms with Gasteiger partial charge in [-0.2, -0.15) is 0 Å². The molecule has 7 heavy (non-hydrogen) atoms. The molecule has 0 aliphatic heterocycles. The van der Waals surface area contributed by atoms with Crippen LogP contribution >= 0.6 is 15.9 Å². The van der Waals surface area contributed by atoms with E-state index in [-0.39, 0.29) is 0 Å². The zero-order chi connectivity index (χ0) is 5.28. The molecule has 42 valence electrons. The molecule has 0 aromatic carbocycles. The van der Waals surface area contributed by atoms with Gasteiger partial charge in [0, 0.05) is 10.9 Å². The summed E-state index contributed by atoms with van der Waals surface area (Å²) in [5.74, 6) is 0. The topological polar surface area (TPSA) is 26.0 Å². The Morgan fingerprint density at radius 1 is 1.43 bits per heavy atom. The fourth-order valence-corrected chi connectivity index (χ4v) is 1.53. The van der Waals surface area contributed by atoms with Gasteiger partial charge in [0.2, 0.25) is 0 Å². The Kier molecular flexibility index (Phi) is 1.70. The van der Waals surface area contributed by atoms with Crippen molar-refractivity contribution in [2.45, 2.75) is 30.1 Å². The number of hydrogen-bond acceptors (Lipinski definition) is 1. The van der Waals surface area contributed by atoms with Crippen LogP contribution in [0.25, 0.3) is 0 Å². The average Bonchev–Trinajstić information content (AvgIpc) is 1.91. The van der Waals surface area contributed by atoms with E-state index in [0.717, 1.165) is 0 Å². The van der Waals surface area contributed by atoms with Crippen LogP contribution in [-0.4, -0.2) is 10.9 Å². The molecule has 1 aliphatic carbocycles. The predicted molar refractivity (Wildman–Crippen MR) is 34.5 cm³/mol. The van der Waals surface area contributed by atoms with Crippen LogP contribution in [-0.2, 0) is 0 Å². The third kappa shape index (κ3) is 1.16. The summed E-state index contributed by atoms with van der Waals surface area (Å²) in [5.41, 5.74) is 5.63. The molecule has 2 atom stereocenters. The maximum absolute atomic E-state index is 5.63. The van der Waals surface area contributed by atoms with Gasteiger partial charge in [-0.05, 0) is 12.8 Å². The van der Waals surface area contributed by atoms with Gasteiger partial charge in [0.15, 0.2) is 0 Å². The van der Waals surface area contributed by atoms with Crippen LogP contribution in [0, 0.1) is 0 Å². The predicted octanol–water partition coefficient (Wildman–Crippen LogP) is 1.26. The lowest BCUT2D eigenvalue weighted by Gasteiger charge is -2.03. The first-order valence-electron chi connectivity index (χ1n) is 2.70. The van der Waals surface area contributed by atoms with E-state index in [2.05, 4.69) is 15.9 Å². The Morgan fingerprint density at radius 2 is 2.14 bits per heavy atom. The van der Waals surface area contributed by atoms with Gasteiger partial charge in [0.25, 0.3) is 0 Å². The molecule has 0 heterocycles. The summed E-state index contributed by atoms with van der Waals surface area (Å²) in [6, 6.07) is 0.431. The second-order valence-corrected chi connectivity index (χ2v) is 3.29. The van der Waals surface area contributed by atoms with Gasteiger partial charge < -0.3 is 5.73 Å². The molecule has 1 aliphatic rings. The highest BCUT2D eigenvalue weighted by atomic mass is 79.9. The monoisotopic (exact) mass is 163 g/mol. The molecule has 0 aromatic rings. The van der Waals surface area contributed by atoms with Gasteiger partial charge in [-0.1, -0.05) is 22.4 Å². The summed E-state index contributed by atoms with van der Waals surface area (Å²) in [6.45, 7) is 0. The number of hydrogen-bond donors (Lipinski definition) is 1. The lowest BCUT2D eigenvalue weighted by molar-refractivity contribution is 0.722. The lowest BCUT2D eigenvalue weighted by Crippen LogP contribution is -2.23. The molecule has 0 amide bonds. The van der Waals surface area contributed by atoms with Crippen LogP contribution in [0.3, 0.4) is 0 Å². The summed E-state index contributed by atoms with van der Waals surface area (Å²) in [7, 11) is 0. The summed E-state index contributed by atoms with van der Waals surface area (Å²) in [5, 5.41) is 0. The van der Waals surface area contributed by atoms with Gasteiger partial charge in [-0.15, -0.1) is 0 Å². The fraction of sp³-hybridized carbons (Fsp3) is 1.00. The summed E-state index contributed by atoms with van der Waals surface area (Å²) >= 11 is 3.48. The second-order valence-electron chi connectivity index (χ2n) is 2.11. The van der Waals surface area contributed by atoms with Gasteiger partial charge in [0.05, 0.1) is 0 Å². The normalized spacial score (nSPS) is 42.0. The number of halogens is 1. The van der Waals surface area contributed by atoms with Crippen molar-refractivity contribution >= 4 is 15.9 Å². The average molecular weight is 164 g/mol. The molecule has 0 saturated heterocycles. The molecule has 1 rings (SSSR count). The lowest BCUT2D eigenvalue weighted by atomic mass is 10.3. The van der Waals surface area contributed by atoms with Crippen molar-refractivity contribution in [2.75, 3.05) is 0 Å². The molecule has 0 spiro atoms. The largest absolute Gasteiger partial charge is 0.327 e. The Balaban J connectivity index is 2.33. The highest BCUT2D eigenvalue weighted by Gasteiger charge is 2.19. The Bertz CT molecular complexity index is 57.1. The maximum Gasteiger partial charge on any atom is 0.0297 e. The van der Waals surface area contributed by atoms with Crippen LogP contribution < -0.4 is 5.73 Å². The van der Waals surface area contributed by atoms with Gasteiger partial charge in [-0.3, -0.25) is 0 Å². The zero-order valence-electron chi connectivity index (χ0n) is 4.23. The SMILES string of the molecule is N[C@@H]1CCC[C@H]1Br. The van der Waals surface area contributed by atoms with E-state index >= 15 is 0 Å². The molecule has 1 saturated carbocycles. The van der Waals surface area contributed by atoms with E-state index in [9.17, 15) is 0 Å². The Hall–Kier alpha value is 0.440. The van der Waals surface area contributed by atoms with Crippen LogP contribution in [0.2, 0.25) is 0 Å². The number of alkyl halides is 1.